The second kappa shape index (κ2) is 6.55. The van der Waals surface area contributed by atoms with Gasteiger partial charge in [0.2, 0.25) is 0 Å². The van der Waals surface area contributed by atoms with E-state index in [0.29, 0.717) is 32.7 Å². The number of thiophene rings is 1. The topological polar surface area (TPSA) is 66.6 Å². The number of amides is 2. The first-order valence-corrected chi connectivity index (χ1v) is 7.38. The Kier molecular flexibility index (Phi) is 4.77. The molecule has 1 aliphatic heterocycles. The average molecular weight is 291 g/mol. The molecule has 20 heavy (non-hydrogen) atoms. The molecule has 0 atom stereocenters. The van der Waals surface area contributed by atoms with Gasteiger partial charge in [-0.15, -0.1) is 11.3 Å². The van der Waals surface area contributed by atoms with E-state index in [2.05, 4.69) is 11.8 Å². The lowest BCUT2D eigenvalue weighted by Gasteiger charge is -2.32. The van der Waals surface area contributed by atoms with E-state index in [-0.39, 0.29) is 0 Å². The van der Waals surface area contributed by atoms with E-state index in [1.807, 2.05) is 18.4 Å². The highest BCUT2D eigenvalue weighted by molar-refractivity contribution is 7.10. The second-order valence-electron chi connectivity index (χ2n) is 4.42. The SMILES string of the molecule is CCN1CCN(Cc2cc(C#CCN)cs2)C(=O)C1=O. The summed E-state index contributed by atoms with van der Waals surface area (Å²) in [5.74, 6) is 4.93. The summed E-state index contributed by atoms with van der Waals surface area (Å²) in [6.07, 6.45) is 0. The zero-order chi connectivity index (χ0) is 14.5. The summed E-state index contributed by atoms with van der Waals surface area (Å²) in [4.78, 5) is 28.0. The molecule has 6 heteroatoms. The second-order valence-corrected chi connectivity index (χ2v) is 5.41. The molecule has 1 fully saturated rings. The van der Waals surface area contributed by atoms with E-state index in [9.17, 15) is 9.59 Å². The Morgan fingerprint density at radius 1 is 1.30 bits per heavy atom. The molecule has 1 saturated heterocycles. The van der Waals surface area contributed by atoms with Crippen LogP contribution in [0.15, 0.2) is 11.4 Å². The van der Waals surface area contributed by atoms with Crippen molar-refractivity contribution in [2.45, 2.75) is 13.5 Å². The van der Waals surface area contributed by atoms with Gasteiger partial charge in [-0.3, -0.25) is 9.59 Å². The quantitative estimate of drug-likeness (QED) is 0.641. The minimum atomic E-state index is -0.416. The summed E-state index contributed by atoms with van der Waals surface area (Å²) >= 11 is 1.54. The fourth-order valence-electron chi connectivity index (χ4n) is 2.04. The molecule has 0 aromatic carbocycles. The summed E-state index contributed by atoms with van der Waals surface area (Å²) in [5, 5.41) is 1.94. The van der Waals surface area contributed by atoms with Gasteiger partial charge in [0.05, 0.1) is 13.1 Å². The van der Waals surface area contributed by atoms with Crippen molar-refractivity contribution in [3.63, 3.8) is 0 Å². The number of carbonyl (C=O) groups excluding carboxylic acids is 2. The molecule has 106 valence electrons. The first kappa shape index (κ1) is 14.6. The van der Waals surface area contributed by atoms with E-state index < -0.39 is 11.8 Å². The third-order valence-electron chi connectivity index (χ3n) is 3.11. The van der Waals surface area contributed by atoms with Gasteiger partial charge < -0.3 is 15.5 Å². The molecule has 1 aromatic rings. The first-order chi connectivity index (χ1) is 9.65. The fourth-order valence-corrected chi connectivity index (χ4v) is 2.87. The van der Waals surface area contributed by atoms with Crippen LogP contribution in [0.5, 0.6) is 0 Å². The van der Waals surface area contributed by atoms with Gasteiger partial charge in [-0.2, -0.15) is 0 Å². The van der Waals surface area contributed by atoms with Crippen LogP contribution in [-0.2, 0) is 16.1 Å². The van der Waals surface area contributed by atoms with Crippen LogP contribution in [0, 0.1) is 11.8 Å². The van der Waals surface area contributed by atoms with E-state index >= 15 is 0 Å². The number of nitrogens with zero attached hydrogens (tertiary/aromatic N) is 2. The number of piperazine rings is 1. The maximum atomic E-state index is 12.0. The number of carbonyl (C=O) groups is 2. The minimum absolute atomic E-state index is 0.331. The number of likely N-dealkylation sites (N-methyl/N-ethyl adjacent to an activating group) is 1. The first-order valence-electron chi connectivity index (χ1n) is 6.50. The van der Waals surface area contributed by atoms with Crippen LogP contribution >= 0.6 is 11.3 Å². The van der Waals surface area contributed by atoms with Gasteiger partial charge >= 0.3 is 11.8 Å². The molecule has 1 aromatic heterocycles. The predicted molar refractivity (Wildman–Crippen MR) is 77.9 cm³/mol. The summed E-state index contributed by atoms with van der Waals surface area (Å²) in [6.45, 7) is 4.44. The van der Waals surface area contributed by atoms with E-state index in [1.54, 1.807) is 21.1 Å². The van der Waals surface area contributed by atoms with Gasteiger partial charge in [-0.05, 0) is 13.0 Å². The van der Waals surface area contributed by atoms with E-state index in [1.165, 1.54) is 0 Å². The standard InChI is InChI=1S/C14H17N3O2S/c1-2-16-6-7-17(14(19)13(16)18)9-12-8-11(10-20-12)4-3-5-15/h8,10H,2,5-7,9,15H2,1H3. The molecule has 2 rings (SSSR count). The molecule has 0 saturated carbocycles. The minimum Gasteiger partial charge on any atom is -0.333 e. The van der Waals surface area contributed by atoms with Gasteiger partial charge in [-0.1, -0.05) is 11.8 Å². The Labute approximate surface area is 122 Å². The maximum absolute atomic E-state index is 12.0. The van der Waals surface area contributed by atoms with Gasteiger partial charge in [0.15, 0.2) is 0 Å². The van der Waals surface area contributed by atoms with Crippen molar-refractivity contribution < 1.29 is 9.59 Å². The van der Waals surface area contributed by atoms with Crippen molar-refractivity contribution in [2.24, 2.45) is 5.73 Å². The van der Waals surface area contributed by atoms with Gasteiger partial charge in [-0.25, -0.2) is 0 Å². The molecule has 2 N–H and O–H groups in total. The Morgan fingerprint density at radius 2 is 2.00 bits per heavy atom. The summed E-state index contributed by atoms with van der Waals surface area (Å²) in [5.41, 5.74) is 6.23. The van der Waals surface area contributed by atoms with Gasteiger partial charge in [0, 0.05) is 35.5 Å². The van der Waals surface area contributed by atoms with Crippen LogP contribution in [-0.4, -0.2) is 47.8 Å². The van der Waals surface area contributed by atoms with Crippen molar-refractivity contribution in [3.8, 4) is 11.8 Å². The van der Waals surface area contributed by atoms with Crippen LogP contribution in [0.4, 0.5) is 0 Å². The molecule has 0 aliphatic carbocycles. The van der Waals surface area contributed by atoms with Crippen molar-refractivity contribution in [1.29, 1.82) is 0 Å². The van der Waals surface area contributed by atoms with Crippen molar-refractivity contribution in [1.82, 2.24) is 9.80 Å². The van der Waals surface area contributed by atoms with E-state index in [4.69, 9.17) is 5.73 Å². The normalized spacial score (nSPS) is 15.3. The lowest BCUT2D eigenvalue weighted by molar-refractivity contribution is -0.156. The van der Waals surface area contributed by atoms with Crippen LogP contribution < -0.4 is 5.73 Å². The Bertz CT molecular complexity index is 570. The highest BCUT2D eigenvalue weighted by atomic mass is 32.1. The van der Waals surface area contributed by atoms with E-state index in [0.717, 1.165) is 10.4 Å². The Balaban J connectivity index is 2.02. The van der Waals surface area contributed by atoms with Gasteiger partial charge in [0.1, 0.15) is 0 Å². The highest BCUT2D eigenvalue weighted by Gasteiger charge is 2.31. The Morgan fingerprint density at radius 3 is 2.70 bits per heavy atom. The highest BCUT2D eigenvalue weighted by Crippen LogP contribution is 2.18. The van der Waals surface area contributed by atoms with Crippen molar-refractivity contribution >= 4 is 23.2 Å². The van der Waals surface area contributed by atoms with Crippen LogP contribution in [0.1, 0.15) is 17.4 Å². The molecular weight excluding hydrogens is 274 g/mol. The molecule has 0 spiro atoms. The summed E-state index contributed by atoms with van der Waals surface area (Å²) in [6, 6.07) is 1.94. The number of hydrogen-bond donors (Lipinski definition) is 1. The van der Waals surface area contributed by atoms with Crippen LogP contribution in [0.2, 0.25) is 0 Å². The third kappa shape index (κ3) is 3.18. The molecule has 0 bridgehead atoms. The molecule has 0 unspecified atom stereocenters. The molecule has 1 aliphatic rings. The molecule has 2 amide bonds. The predicted octanol–water partition coefficient (Wildman–Crippen LogP) is 0.249. The summed E-state index contributed by atoms with van der Waals surface area (Å²) < 4.78 is 0. The molecular formula is C14H17N3O2S. The number of hydrogen-bond acceptors (Lipinski definition) is 4. The van der Waals surface area contributed by atoms with Crippen molar-refractivity contribution in [3.05, 3.63) is 21.9 Å². The number of rotatable bonds is 3. The summed E-state index contributed by atoms with van der Waals surface area (Å²) in [7, 11) is 0. The van der Waals surface area contributed by atoms with Crippen LogP contribution in [0.25, 0.3) is 0 Å². The van der Waals surface area contributed by atoms with Gasteiger partial charge in [0.25, 0.3) is 0 Å². The number of nitrogens with two attached hydrogens (primary N) is 1. The third-order valence-corrected chi connectivity index (χ3v) is 4.04. The maximum Gasteiger partial charge on any atom is 0.312 e. The molecule has 5 nitrogen and oxygen atoms in total. The molecule has 2 heterocycles. The van der Waals surface area contributed by atoms with Crippen LogP contribution in [0.3, 0.4) is 0 Å². The largest absolute Gasteiger partial charge is 0.333 e. The lowest BCUT2D eigenvalue weighted by Crippen LogP contribution is -2.53. The average Bonchev–Trinajstić information content (AvgIpc) is 2.89. The lowest BCUT2D eigenvalue weighted by atomic mass is 10.2. The molecule has 0 radical (unpaired) electrons. The Hall–Kier alpha value is -1.84. The zero-order valence-corrected chi connectivity index (χ0v) is 12.2. The zero-order valence-electron chi connectivity index (χ0n) is 11.4. The van der Waals surface area contributed by atoms with Crippen molar-refractivity contribution in [2.75, 3.05) is 26.2 Å². The fraction of sp³-hybridized carbons (Fsp3) is 0.429. The monoisotopic (exact) mass is 291 g/mol. The smallest absolute Gasteiger partial charge is 0.312 e.